The van der Waals surface area contributed by atoms with Gasteiger partial charge in [0.1, 0.15) is 5.00 Å². The number of anilines is 1. The van der Waals surface area contributed by atoms with Gasteiger partial charge < -0.3 is 4.57 Å². The molecule has 6 nitrogen and oxygen atoms in total. The molecular formula is C8H12N4O2S2. The highest BCUT2D eigenvalue weighted by Crippen LogP contribution is 2.23. The summed E-state index contributed by atoms with van der Waals surface area (Å²) in [5.74, 6) is -0.340. The molecule has 3 amide bonds. The Labute approximate surface area is 102 Å². The fourth-order valence-corrected chi connectivity index (χ4v) is 2.18. The molecule has 0 spiro atoms. The second-order valence-electron chi connectivity index (χ2n) is 3.10. The van der Waals surface area contributed by atoms with Crippen molar-refractivity contribution < 1.29 is 9.59 Å². The maximum atomic E-state index is 11.3. The Morgan fingerprint density at radius 1 is 1.38 bits per heavy atom. The van der Waals surface area contributed by atoms with E-state index in [0.29, 0.717) is 8.96 Å². The van der Waals surface area contributed by atoms with E-state index >= 15 is 0 Å². The maximum Gasteiger partial charge on any atom is 0.338 e. The third-order valence-electron chi connectivity index (χ3n) is 1.87. The van der Waals surface area contributed by atoms with Gasteiger partial charge in [-0.15, -0.1) is 0 Å². The molecule has 8 heteroatoms. The van der Waals surface area contributed by atoms with E-state index in [2.05, 4.69) is 16.2 Å². The summed E-state index contributed by atoms with van der Waals surface area (Å²) in [6.07, 6.45) is 0. The van der Waals surface area contributed by atoms with Crippen molar-refractivity contribution in [3.05, 3.63) is 9.65 Å². The third-order valence-corrected chi connectivity index (χ3v) is 3.45. The number of thiazole rings is 1. The molecule has 1 heterocycles. The van der Waals surface area contributed by atoms with Crippen LogP contribution in [0, 0.1) is 10.9 Å². The first-order valence-corrected chi connectivity index (χ1v) is 5.64. The Morgan fingerprint density at radius 3 is 2.44 bits per heavy atom. The summed E-state index contributed by atoms with van der Waals surface area (Å²) < 4.78 is 2.47. The van der Waals surface area contributed by atoms with E-state index in [1.54, 1.807) is 4.57 Å². The molecule has 0 fully saturated rings. The summed E-state index contributed by atoms with van der Waals surface area (Å²) in [6.45, 7) is 3.15. The van der Waals surface area contributed by atoms with Crippen molar-refractivity contribution in [2.24, 2.45) is 7.05 Å². The predicted molar refractivity (Wildman–Crippen MR) is 64.8 cm³/mol. The average molecular weight is 260 g/mol. The molecular weight excluding hydrogens is 248 g/mol. The van der Waals surface area contributed by atoms with Crippen LogP contribution in [0.5, 0.6) is 0 Å². The number of hydrogen-bond acceptors (Lipinski definition) is 4. The highest BCUT2D eigenvalue weighted by molar-refractivity contribution is 7.73. The molecule has 0 saturated carbocycles. The van der Waals surface area contributed by atoms with E-state index in [1.807, 2.05) is 14.0 Å². The topological polar surface area (TPSA) is 75.2 Å². The minimum Gasteiger partial charge on any atom is -0.328 e. The van der Waals surface area contributed by atoms with E-state index in [4.69, 9.17) is 12.2 Å². The maximum absolute atomic E-state index is 11.3. The number of amides is 3. The summed E-state index contributed by atoms with van der Waals surface area (Å²) in [5, 5.41) is 3.26. The molecule has 0 aliphatic heterocycles. The monoisotopic (exact) mass is 260 g/mol. The van der Waals surface area contributed by atoms with Gasteiger partial charge in [0, 0.05) is 14.0 Å². The van der Waals surface area contributed by atoms with E-state index < -0.39 is 6.03 Å². The number of nitrogens with zero attached hydrogens (tertiary/aromatic N) is 1. The lowest BCUT2D eigenvalue weighted by Crippen LogP contribution is -2.42. The van der Waals surface area contributed by atoms with Crippen LogP contribution in [0.25, 0.3) is 0 Å². The number of carbonyl (C=O) groups is 2. The van der Waals surface area contributed by atoms with Crippen molar-refractivity contribution in [1.29, 1.82) is 0 Å². The summed E-state index contributed by atoms with van der Waals surface area (Å²) in [5.41, 5.74) is 5.25. The molecule has 0 unspecified atom stereocenters. The van der Waals surface area contributed by atoms with E-state index in [0.717, 1.165) is 5.69 Å². The lowest BCUT2D eigenvalue weighted by molar-refractivity contribution is -0.119. The molecule has 3 N–H and O–H groups in total. The molecule has 88 valence electrons. The van der Waals surface area contributed by atoms with Gasteiger partial charge in [0.2, 0.25) is 5.91 Å². The van der Waals surface area contributed by atoms with Crippen LogP contribution in [0.3, 0.4) is 0 Å². The fraction of sp³-hybridized carbons (Fsp3) is 0.375. The van der Waals surface area contributed by atoms with Gasteiger partial charge in [0.25, 0.3) is 0 Å². The zero-order valence-electron chi connectivity index (χ0n) is 9.08. The van der Waals surface area contributed by atoms with Crippen molar-refractivity contribution in [3.63, 3.8) is 0 Å². The van der Waals surface area contributed by atoms with Crippen LogP contribution in [0.1, 0.15) is 12.6 Å². The van der Waals surface area contributed by atoms with Gasteiger partial charge >= 0.3 is 6.03 Å². The zero-order valence-corrected chi connectivity index (χ0v) is 10.7. The van der Waals surface area contributed by atoms with Crippen LogP contribution in [-0.2, 0) is 11.8 Å². The second kappa shape index (κ2) is 5.08. The van der Waals surface area contributed by atoms with Gasteiger partial charge in [0.05, 0.1) is 5.69 Å². The first-order valence-electron chi connectivity index (χ1n) is 4.42. The molecule has 1 rings (SSSR count). The van der Waals surface area contributed by atoms with E-state index in [-0.39, 0.29) is 5.91 Å². The molecule has 1 aromatic heterocycles. The third kappa shape index (κ3) is 3.04. The number of aromatic nitrogens is 1. The molecule has 0 aliphatic carbocycles. The van der Waals surface area contributed by atoms with Crippen molar-refractivity contribution >= 4 is 40.5 Å². The van der Waals surface area contributed by atoms with Crippen LogP contribution < -0.4 is 16.2 Å². The Balaban J connectivity index is 2.66. The zero-order chi connectivity index (χ0) is 12.3. The number of rotatable bonds is 1. The first kappa shape index (κ1) is 12.7. The average Bonchev–Trinajstić information content (AvgIpc) is 2.43. The number of hydrazine groups is 1. The van der Waals surface area contributed by atoms with E-state index in [1.165, 1.54) is 18.3 Å². The van der Waals surface area contributed by atoms with Crippen LogP contribution in [0.2, 0.25) is 0 Å². The second-order valence-corrected chi connectivity index (χ2v) is 4.75. The van der Waals surface area contributed by atoms with Gasteiger partial charge in [-0.1, -0.05) is 11.3 Å². The van der Waals surface area contributed by atoms with Crippen LogP contribution in [0.15, 0.2) is 0 Å². The summed E-state index contributed by atoms with van der Waals surface area (Å²) in [6, 6.07) is -0.504. The SMILES string of the molecule is CC(=O)NNC(=O)Nc1sc(=S)n(C)c1C. The molecule has 0 bridgehead atoms. The van der Waals surface area contributed by atoms with Crippen molar-refractivity contribution in [3.8, 4) is 0 Å². The Hall–Kier alpha value is -1.41. The smallest absolute Gasteiger partial charge is 0.328 e. The number of hydrogen-bond donors (Lipinski definition) is 3. The van der Waals surface area contributed by atoms with Gasteiger partial charge in [-0.25, -0.2) is 10.2 Å². The van der Waals surface area contributed by atoms with Crippen molar-refractivity contribution in [1.82, 2.24) is 15.4 Å². The summed E-state index contributed by atoms with van der Waals surface area (Å²) in [4.78, 5) is 21.9. The number of carbonyl (C=O) groups excluding carboxylic acids is 2. The molecule has 0 saturated heterocycles. The normalized spacial score (nSPS) is 9.69. The number of nitrogens with one attached hydrogen (secondary N) is 3. The molecule has 0 aromatic carbocycles. The van der Waals surface area contributed by atoms with Crippen LogP contribution in [0.4, 0.5) is 9.80 Å². The molecule has 1 aromatic rings. The first-order chi connectivity index (χ1) is 7.41. The quantitative estimate of drug-likeness (QED) is 0.526. The minimum atomic E-state index is -0.504. The van der Waals surface area contributed by atoms with Crippen LogP contribution in [-0.4, -0.2) is 16.5 Å². The van der Waals surface area contributed by atoms with Gasteiger partial charge in [-0.3, -0.25) is 15.5 Å². The van der Waals surface area contributed by atoms with Gasteiger partial charge in [0.15, 0.2) is 3.95 Å². The highest BCUT2D eigenvalue weighted by Gasteiger charge is 2.09. The van der Waals surface area contributed by atoms with Crippen molar-refractivity contribution in [2.45, 2.75) is 13.8 Å². The Morgan fingerprint density at radius 2 is 2.00 bits per heavy atom. The minimum absolute atomic E-state index is 0.340. The van der Waals surface area contributed by atoms with Gasteiger partial charge in [-0.05, 0) is 19.1 Å². The Kier molecular flexibility index (Phi) is 4.02. The van der Waals surface area contributed by atoms with E-state index in [9.17, 15) is 9.59 Å². The number of urea groups is 1. The lowest BCUT2D eigenvalue weighted by atomic mass is 10.5. The summed E-state index contributed by atoms with van der Waals surface area (Å²) >= 11 is 6.36. The molecule has 16 heavy (non-hydrogen) atoms. The van der Waals surface area contributed by atoms with Gasteiger partial charge in [-0.2, -0.15) is 0 Å². The largest absolute Gasteiger partial charge is 0.338 e. The fourth-order valence-electron chi connectivity index (χ4n) is 0.914. The Bertz CT molecular complexity index is 477. The predicted octanol–water partition coefficient (Wildman–Crippen LogP) is 1.30. The molecule has 0 atom stereocenters. The standard InChI is InChI=1S/C8H12N4O2S2/c1-4-6(16-8(15)12(4)3)9-7(14)11-10-5(2)13/h1-3H3,(H,10,13)(H2,9,11,14). The summed E-state index contributed by atoms with van der Waals surface area (Å²) in [7, 11) is 1.82. The highest BCUT2D eigenvalue weighted by atomic mass is 32.1. The molecule has 0 aliphatic rings. The van der Waals surface area contributed by atoms with Crippen molar-refractivity contribution in [2.75, 3.05) is 5.32 Å². The lowest BCUT2D eigenvalue weighted by Gasteiger charge is -2.06. The molecule has 0 radical (unpaired) electrons. The van der Waals surface area contributed by atoms with Crippen LogP contribution >= 0.6 is 23.6 Å².